The fourth-order valence-electron chi connectivity index (χ4n) is 5.25. The van der Waals surface area contributed by atoms with E-state index in [4.69, 9.17) is 18.9 Å². The van der Waals surface area contributed by atoms with Gasteiger partial charge in [-0.25, -0.2) is 9.59 Å². The molecule has 0 N–H and O–H groups in total. The van der Waals surface area contributed by atoms with Crippen molar-refractivity contribution in [3.05, 3.63) is 48.6 Å². The van der Waals surface area contributed by atoms with Crippen LogP contribution >= 0.6 is 0 Å². The average molecular weight is 581 g/mol. The van der Waals surface area contributed by atoms with Crippen LogP contribution in [0.4, 0.5) is 13.2 Å². The van der Waals surface area contributed by atoms with E-state index in [2.05, 4.69) is 13.2 Å². The Morgan fingerprint density at radius 3 is 1.54 bits per heavy atom. The van der Waals surface area contributed by atoms with Crippen LogP contribution in [-0.4, -0.2) is 37.1 Å². The third kappa shape index (κ3) is 8.93. The van der Waals surface area contributed by atoms with Gasteiger partial charge in [0.05, 0.1) is 25.0 Å². The first-order valence-corrected chi connectivity index (χ1v) is 13.6. The van der Waals surface area contributed by atoms with Gasteiger partial charge in [-0.05, 0) is 82.3 Å². The summed E-state index contributed by atoms with van der Waals surface area (Å²) in [5.74, 6) is -4.30. The topological polar surface area (TPSA) is 105 Å². The van der Waals surface area contributed by atoms with Gasteiger partial charge in [-0.3, -0.25) is 9.59 Å². The molecule has 0 aliphatic heterocycles. The first kappa shape index (κ1) is 31.9. The minimum atomic E-state index is -4.87. The Kier molecular flexibility index (Phi) is 11.1. The number of alkyl halides is 3. The van der Waals surface area contributed by atoms with Gasteiger partial charge in [0.2, 0.25) is 0 Å². The summed E-state index contributed by atoms with van der Waals surface area (Å²) < 4.78 is 63.0. The largest absolute Gasteiger partial charge is 0.462 e. The second-order valence-electron chi connectivity index (χ2n) is 10.5. The van der Waals surface area contributed by atoms with Crippen LogP contribution in [0.2, 0.25) is 0 Å². The van der Waals surface area contributed by atoms with Crippen molar-refractivity contribution in [2.75, 3.05) is 13.2 Å². The van der Waals surface area contributed by atoms with Crippen LogP contribution in [0.25, 0.3) is 0 Å². The smallest absolute Gasteiger partial charge is 0.420 e. The fourth-order valence-corrected chi connectivity index (χ4v) is 5.25. The fraction of sp³-hybridized carbons (Fsp3) is 0.533. The van der Waals surface area contributed by atoms with Crippen LogP contribution in [0.5, 0.6) is 11.5 Å². The van der Waals surface area contributed by atoms with Crippen molar-refractivity contribution in [1.29, 1.82) is 0 Å². The van der Waals surface area contributed by atoms with Crippen LogP contribution in [0.15, 0.2) is 37.4 Å². The summed E-state index contributed by atoms with van der Waals surface area (Å²) in [6, 6.07) is 2.21. The van der Waals surface area contributed by atoms with E-state index in [1.165, 1.54) is 13.0 Å². The van der Waals surface area contributed by atoms with E-state index in [1.807, 2.05) is 0 Å². The molecule has 224 valence electrons. The second kappa shape index (κ2) is 14.3. The summed E-state index contributed by atoms with van der Waals surface area (Å²) in [6.07, 6.45) is 1.30. The van der Waals surface area contributed by atoms with E-state index in [0.717, 1.165) is 18.2 Å². The summed E-state index contributed by atoms with van der Waals surface area (Å²) in [5.41, 5.74) is -1.53. The molecule has 8 nitrogen and oxygen atoms in total. The molecular weight excluding hydrogens is 545 g/mol. The van der Waals surface area contributed by atoms with Crippen molar-refractivity contribution in [3.63, 3.8) is 0 Å². The quantitative estimate of drug-likeness (QED) is 0.192. The maximum Gasteiger partial charge on any atom is 0.420 e. The van der Waals surface area contributed by atoms with Gasteiger partial charge in [-0.1, -0.05) is 13.2 Å². The van der Waals surface area contributed by atoms with Gasteiger partial charge >= 0.3 is 30.1 Å². The number of carbonyl (C=O) groups is 4. The first-order valence-electron chi connectivity index (χ1n) is 13.6. The van der Waals surface area contributed by atoms with Crippen molar-refractivity contribution in [1.82, 2.24) is 0 Å². The molecule has 0 saturated heterocycles. The molecule has 0 atom stereocenters. The zero-order valence-corrected chi connectivity index (χ0v) is 23.0. The van der Waals surface area contributed by atoms with Crippen molar-refractivity contribution < 1.29 is 51.3 Å². The van der Waals surface area contributed by atoms with Gasteiger partial charge in [0.15, 0.2) is 0 Å². The molecule has 2 fully saturated rings. The molecule has 2 aliphatic carbocycles. The monoisotopic (exact) mass is 580 g/mol. The maximum absolute atomic E-state index is 14.1. The highest BCUT2D eigenvalue weighted by Crippen LogP contribution is 2.43. The summed E-state index contributed by atoms with van der Waals surface area (Å²) >= 11 is 0. The average Bonchev–Trinajstić information content (AvgIpc) is 2.95. The Bertz CT molecular complexity index is 1140. The summed E-state index contributed by atoms with van der Waals surface area (Å²) in [4.78, 5) is 48.0. The zero-order valence-electron chi connectivity index (χ0n) is 23.0. The highest BCUT2D eigenvalue weighted by atomic mass is 19.4. The molecule has 0 bridgehead atoms. The Hall–Kier alpha value is -3.63. The molecule has 0 radical (unpaired) electrons. The number of rotatable bonds is 10. The molecule has 0 amide bonds. The molecule has 0 heterocycles. The number of carbonyl (C=O) groups excluding carboxylic acids is 4. The van der Waals surface area contributed by atoms with Gasteiger partial charge < -0.3 is 18.9 Å². The Labute approximate surface area is 236 Å². The molecule has 2 aliphatic rings. The maximum atomic E-state index is 14.1. The van der Waals surface area contributed by atoms with Gasteiger partial charge in [0, 0.05) is 17.7 Å². The predicted octanol–water partition coefficient (Wildman–Crippen LogP) is 5.90. The summed E-state index contributed by atoms with van der Waals surface area (Å²) in [7, 11) is 0. The van der Waals surface area contributed by atoms with Crippen LogP contribution in [0, 0.1) is 30.6 Å². The highest BCUT2D eigenvalue weighted by Gasteiger charge is 2.40. The van der Waals surface area contributed by atoms with E-state index in [0.29, 0.717) is 51.4 Å². The highest BCUT2D eigenvalue weighted by molar-refractivity contribution is 5.81. The van der Waals surface area contributed by atoms with Crippen molar-refractivity contribution in [2.24, 2.45) is 23.7 Å². The lowest BCUT2D eigenvalue weighted by atomic mass is 9.82. The van der Waals surface area contributed by atoms with Gasteiger partial charge in [0.1, 0.15) is 17.1 Å². The Morgan fingerprint density at radius 1 is 0.756 bits per heavy atom. The van der Waals surface area contributed by atoms with Gasteiger partial charge in [0.25, 0.3) is 0 Å². The third-order valence-corrected chi connectivity index (χ3v) is 7.70. The molecule has 41 heavy (non-hydrogen) atoms. The lowest BCUT2D eigenvalue weighted by molar-refractivity contribution is -0.147. The van der Waals surface area contributed by atoms with E-state index >= 15 is 0 Å². The molecule has 1 aromatic carbocycles. The van der Waals surface area contributed by atoms with Crippen LogP contribution < -0.4 is 9.47 Å². The molecule has 0 aromatic heterocycles. The predicted molar refractivity (Wildman–Crippen MR) is 141 cm³/mol. The number of benzene rings is 1. The molecule has 11 heteroatoms. The molecule has 1 aromatic rings. The van der Waals surface area contributed by atoms with E-state index < -0.39 is 53.2 Å². The number of hydrogen-bond donors (Lipinski definition) is 0. The molecule has 0 spiro atoms. The van der Waals surface area contributed by atoms with Crippen LogP contribution in [-0.2, 0) is 34.8 Å². The Balaban J connectivity index is 1.61. The minimum Gasteiger partial charge on any atom is -0.462 e. The Morgan fingerprint density at radius 2 is 1.15 bits per heavy atom. The van der Waals surface area contributed by atoms with Gasteiger partial charge in [-0.2, -0.15) is 13.2 Å². The van der Waals surface area contributed by atoms with E-state index in [9.17, 15) is 32.3 Å². The van der Waals surface area contributed by atoms with Crippen molar-refractivity contribution in [2.45, 2.75) is 64.5 Å². The lowest BCUT2D eigenvalue weighted by Crippen LogP contribution is -2.29. The van der Waals surface area contributed by atoms with Crippen molar-refractivity contribution >= 4 is 23.9 Å². The van der Waals surface area contributed by atoms with E-state index in [-0.39, 0.29) is 36.4 Å². The van der Waals surface area contributed by atoms with Crippen LogP contribution in [0.3, 0.4) is 0 Å². The standard InChI is InChI=1S/C30H35F3O8/c1-4-25(34)38-16-19-6-10-21(11-7-19)28(36)40-23-14-15-24(27(18(23)3)30(31,32)33)41-29(37)22-12-8-20(9-13-22)17-39-26(35)5-2/h4-5,14-15,19-22H,1-2,6-13,16-17H2,3H3. The molecule has 2 saturated carbocycles. The molecule has 0 unspecified atom stereocenters. The zero-order chi connectivity index (χ0) is 30.2. The van der Waals surface area contributed by atoms with Gasteiger partial charge in [-0.15, -0.1) is 0 Å². The molecular formula is C30H35F3O8. The number of halogens is 3. The SMILES string of the molecule is C=CC(=O)OCC1CCC(C(=O)Oc2ccc(OC(=O)C3CCC(COC(=O)C=C)CC3)c(C(F)(F)F)c2C)CC1. The number of hydrogen-bond acceptors (Lipinski definition) is 8. The first-order chi connectivity index (χ1) is 19.4. The number of esters is 4. The molecule has 3 rings (SSSR count). The third-order valence-electron chi connectivity index (χ3n) is 7.70. The number of ether oxygens (including phenoxy) is 4. The lowest BCUT2D eigenvalue weighted by Gasteiger charge is -2.28. The summed E-state index contributed by atoms with van der Waals surface area (Å²) in [6.45, 7) is 8.25. The normalized spacial score (nSPS) is 22.6. The van der Waals surface area contributed by atoms with Crippen LogP contribution in [0.1, 0.15) is 62.5 Å². The van der Waals surface area contributed by atoms with E-state index in [1.54, 1.807) is 0 Å². The second-order valence-corrected chi connectivity index (χ2v) is 10.5. The minimum absolute atomic E-state index is 0.0507. The summed E-state index contributed by atoms with van der Waals surface area (Å²) in [5, 5.41) is 0. The van der Waals surface area contributed by atoms with Crippen molar-refractivity contribution in [3.8, 4) is 11.5 Å².